The van der Waals surface area contributed by atoms with Crippen molar-refractivity contribution >= 4 is 17.2 Å². The van der Waals surface area contributed by atoms with Crippen molar-refractivity contribution in [2.75, 3.05) is 5.32 Å². The molecule has 0 aliphatic carbocycles. The molecule has 0 aromatic carbocycles. The van der Waals surface area contributed by atoms with Crippen molar-refractivity contribution in [2.24, 2.45) is 0 Å². The minimum Gasteiger partial charge on any atom is -0.365 e. The first-order chi connectivity index (χ1) is 7.66. The summed E-state index contributed by atoms with van der Waals surface area (Å²) < 4.78 is 0. The van der Waals surface area contributed by atoms with Crippen LogP contribution in [0.3, 0.4) is 0 Å². The van der Waals surface area contributed by atoms with Gasteiger partial charge in [0.1, 0.15) is 5.82 Å². The van der Waals surface area contributed by atoms with Crippen molar-refractivity contribution < 1.29 is 0 Å². The first kappa shape index (κ1) is 11.1. The number of anilines is 1. The van der Waals surface area contributed by atoms with Crippen molar-refractivity contribution in [1.29, 1.82) is 0 Å². The van der Waals surface area contributed by atoms with Gasteiger partial charge in [-0.05, 0) is 32.4 Å². The molecule has 0 aliphatic rings. The van der Waals surface area contributed by atoms with E-state index in [1.807, 2.05) is 19.9 Å². The largest absolute Gasteiger partial charge is 0.365 e. The summed E-state index contributed by atoms with van der Waals surface area (Å²) in [5.74, 6) is 0.952. The third kappa shape index (κ3) is 2.39. The molecule has 0 amide bonds. The molecule has 0 radical (unpaired) electrons. The fraction of sp³-hybridized carbons (Fsp3) is 0.333. The van der Waals surface area contributed by atoms with Crippen LogP contribution >= 0.6 is 11.3 Å². The molecule has 0 unspecified atom stereocenters. The van der Waals surface area contributed by atoms with E-state index in [-0.39, 0.29) is 0 Å². The average Bonchev–Trinajstić information content (AvgIpc) is 2.56. The van der Waals surface area contributed by atoms with Gasteiger partial charge in [0.15, 0.2) is 0 Å². The monoisotopic (exact) mass is 233 g/mol. The molecule has 0 fully saturated rings. The second-order valence-electron chi connectivity index (χ2n) is 3.76. The molecule has 2 aromatic heterocycles. The highest BCUT2D eigenvalue weighted by molar-refractivity contribution is 7.11. The molecule has 2 rings (SSSR count). The standard InChI is InChI=1S/C12H15N3S/c1-8-5-4-6-13-12(8)14-7-11-9(2)15-10(3)16-11/h4-6H,7H2,1-3H3,(H,13,14). The van der Waals surface area contributed by atoms with Gasteiger partial charge in [-0.3, -0.25) is 0 Å². The number of hydrogen-bond acceptors (Lipinski definition) is 4. The molecule has 84 valence electrons. The summed E-state index contributed by atoms with van der Waals surface area (Å²) in [5.41, 5.74) is 2.28. The van der Waals surface area contributed by atoms with Gasteiger partial charge in [-0.2, -0.15) is 0 Å². The summed E-state index contributed by atoms with van der Waals surface area (Å²) in [6.07, 6.45) is 1.81. The minimum atomic E-state index is 0.801. The molecule has 2 aromatic rings. The third-order valence-corrected chi connectivity index (χ3v) is 3.50. The van der Waals surface area contributed by atoms with Crippen LogP contribution in [-0.4, -0.2) is 9.97 Å². The number of nitrogens with zero attached hydrogens (tertiary/aromatic N) is 2. The van der Waals surface area contributed by atoms with Crippen LogP contribution < -0.4 is 5.32 Å². The van der Waals surface area contributed by atoms with Crippen LogP contribution in [-0.2, 0) is 6.54 Å². The van der Waals surface area contributed by atoms with Gasteiger partial charge in [-0.15, -0.1) is 11.3 Å². The van der Waals surface area contributed by atoms with Crippen molar-refractivity contribution in [3.63, 3.8) is 0 Å². The second kappa shape index (κ2) is 4.61. The zero-order chi connectivity index (χ0) is 11.5. The Morgan fingerprint density at radius 2 is 2.12 bits per heavy atom. The lowest BCUT2D eigenvalue weighted by atomic mass is 10.3. The second-order valence-corrected chi connectivity index (χ2v) is 5.05. The molecular formula is C12H15N3S. The van der Waals surface area contributed by atoms with Gasteiger partial charge in [0.05, 0.1) is 17.2 Å². The van der Waals surface area contributed by atoms with Crippen LogP contribution in [0.5, 0.6) is 0 Å². The number of thiazole rings is 1. The Kier molecular flexibility index (Phi) is 3.19. The lowest BCUT2D eigenvalue weighted by Crippen LogP contribution is -2.02. The van der Waals surface area contributed by atoms with E-state index in [0.717, 1.165) is 23.1 Å². The Morgan fingerprint density at radius 1 is 1.31 bits per heavy atom. The molecule has 0 saturated heterocycles. The highest BCUT2D eigenvalue weighted by Crippen LogP contribution is 2.19. The topological polar surface area (TPSA) is 37.8 Å². The Bertz CT molecular complexity index is 491. The fourth-order valence-electron chi connectivity index (χ4n) is 1.57. The number of rotatable bonds is 3. The van der Waals surface area contributed by atoms with E-state index < -0.39 is 0 Å². The highest BCUT2D eigenvalue weighted by Gasteiger charge is 2.05. The predicted molar refractivity (Wildman–Crippen MR) is 67.9 cm³/mol. The number of pyridine rings is 1. The van der Waals surface area contributed by atoms with Crippen LogP contribution in [0.4, 0.5) is 5.82 Å². The maximum Gasteiger partial charge on any atom is 0.129 e. The maximum absolute atomic E-state index is 4.40. The Morgan fingerprint density at radius 3 is 2.75 bits per heavy atom. The minimum absolute atomic E-state index is 0.801. The Balaban J connectivity index is 2.08. The number of hydrogen-bond donors (Lipinski definition) is 1. The molecule has 0 atom stereocenters. The molecule has 2 heterocycles. The van der Waals surface area contributed by atoms with Crippen molar-refractivity contribution in [3.05, 3.63) is 39.5 Å². The first-order valence-electron chi connectivity index (χ1n) is 5.25. The van der Waals surface area contributed by atoms with Crippen molar-refractivity contribution in [1.82, 2.24) is 9.97 Å². The quantitative estimate of drug-likeness (QED) is 0.885. The third-order valence-electron chi connectivity index (χ3n) is 2.43. The molecule has 4 heteroatoms. The number of nitrogens with one attached hydrogen (secondary N) is 1. The van der Waals surface area contributed by atoms with Crippen LogP contribution in [0.2, 0.25) is 0 Å². The van der Waals surface area contributed by atoms with Gasteiger partial charge in [0, 0.05) is 11.1 Å². The zero-order valence-electron chi connectivity index (χ0n) is 9.74. The van der Waals surface area contributed by atoms with E-state index in [4.69, 9.17) is 0 Å². The normalized spacial score (nSPS) is 10.4. The highest BCUT2D eigenvalue weighted by atomic mass is 32.1. The molecule has 0 bridgehead atoms. The lowest BCUT2D eigenvalue weighted by molar-refractivity contribution is 1.08. The van der Waals surface area contributed by atoms with E-state index in [1.165, 1.54) is 10.4 Å². The SMILES string of the molecule is Cc1nc(C)c(CNc2ncccc2C)s1. The summed E-state index contributed by atoms with van der Waals surface area (Å²) in [6.45, 7) is 6.94. The van der Waals surface area contributed by atoms with E-state index in [2.05, 4.69) is 28.3 Å². The predicted octanol–water partition coefficient (Wildman–Crippen LogP) is 3.08. The maximum atomic E-state index is 4.40. The Hall–Kier alpha value is -1.42. The summed E-state index contributed by atoms with van der Waals surface area (Å²) in [6, 6.07) is 4.00. The van der Waals surface area contributed by atoms with Crippen molar-refractivity contribution in [3.8, 4) is 0 Å². The van der Waals surface area contributed by atoms with Gasteiger partial charge in [-0.25, -0.2) is 9.97 Å². The average molecular weight is 233 g/mol. The van der Waals surface area contributed by atoms with Crippen LogP contribution in [0.15, 0.2) is 18.3 Å². The molecule has 16 heavy (non-hydrogen) atoms. The summed E-state index contributed by atoms with van der Waals surface area (Å²) in [5, 5.41) is 4.46. The summed E-state index contributed by atoms with van der Waals surface area (Å²) in [4.78, 5) is 9.99. The van der Waals surface area contributed by atoms with Crippen LogP contribution in [0, 0.1) is 20.8 Å². The van der Waals surface area contributed by atoms with Gasteiger partial charge < -0.3 is 5.32 Å². The van der Waals surface area contributed by atoms with Crippen molar-refractivity contribution in [2.45, 2.75) is 27.3 Å². The molecule has 3 nitrogen and oxygen atoms in total. The van der Waals surface area contributed by atoms with E-state index in [0.29, 0.717) is 0 Å². The first-order valence-corrected chi connectivity index (χ1v) is 6.07. The fourth-order valence-corrected chi connectivity index (χ4v) is 2.45. The van der Waals surface area contributed by atoms with E-state index in [1.54, 1.807) is 17.5 Å². The molecule has 0 saturated carbocycles. The zero-order valence-corrected chi connectivity index (χ0v) is 10.6. The molecular weight excluding hydrogens is 218 g/mol. The lowest BCUT2D eigenvalue weighted by Gasteiger charge is -2.06. The van der Waals surface area contributed by atoms with Crippen LogP contribution in [0.1, 0.15) is 21.1 Å². The van der Waals surface area contributed by atoms with Gasteiger partial charge in [0.25, 0.3) is 0 Å². The molecule has 0 aliphatic heterocycles. The Labute approximate surface area is 99.6 Å². The van der Waals surface area contributed by atoms with Gasteiger partial charge in [0.2, 0.25) is 0 Å². The van der Waals surface area contributed by atoms with E-state index in [9.17, 15) is 0 Å². The van der Waals surface area contributed by atoms with Gasteiger partial charge >= 0.3 is 0 Å². The molecule has 1 N–H and O–H groups in total. The number of aryl methyl sites for hydroxylation is 3. The summed E-state index contributed by atoms with van der Waals surface area (Å²) in [7, 11) is 0. The number of aromatic nitrogens is 2. The molecule has 0 spiro atoms. The van der Waals surface area contributed by atoms with Gasteiger partial charge in [-0.1, -0.05) is 6.07 Å². The summed E-state index contributed by atoms with van der Waals surface area (Å²) >= 11 is 1.74. The van der Waals surface area contributed by atoms with E-state index >= 15 is 0 Å². The smallest absolute Gasteiger partial charge is 0.129 e. The van der Waals surface area contributed by atoms with Crippen LogP contribution in [0.25, 0.3) is 0 Å².